The summed E-state index contributed by atoms with van der Waals surface area (Å²) in [5.41, 5.74) is 8.78. The molecule has 1 aromatic heterocycles. The van der Waals surface area contributed by atoms with Gasteiger partial charge in [0.25, 0.3) is 0 Å². The van der Waals surface area contributed by atoms with Gasteiger partial charge in [0, 0.05) is 16.6 Å². The molecule has 28 heavy (non-hydrogen) atoms. The van der Waals surface area contributed by atoms with Gasteiger partial charge in [0.15, 0.2) is 0 Å². The summed E-state index contributed by atoms with van der Waals surface area (Å²) >= 11 is 0. The fourth-order valence-corrected chi connectivity index (χ4v) is 3.36. The topological polar surface area (TPSA) is 79.1 Å². The number of carbonyl (C=O) groups is 1. The van der Waals surface area contributed by atoms with Crippen LogP contribution in [0.1, 0.15) is 29.5 Å². The van der Waals surface area contributed by atoms with E-state index in [1.807, 2.05) is 12.1 Å². The summed E-state index contributed by atoms with van der Waals surface area (Å²) in [4.78, 5) is 14.3. The molecule has 2 aromatic carbocycles. The molecule has 7 heteroatoms. The zero-order chi connectivity index (χ0) is 20.3. The number of aromatic amines is 1. The Balaban J connectivity index is 2.06. The van der Waals surface area contributed by atoms with Crippen LogP contribution in [0.3, 0.4) is 0 Å². The first-order chi connectivity index (χ1) is 13.3. The van der Waals surface area contributed by atoms with Crippen LogP contribution in [-0.2, 0) is 23.8 Å². The third kappa shape index (κ3) is 4.36. The van der Waals surface area contributed by atoms with Crippen LogP contribution in [0.5, 0.6) is 0 Å². The maximum atomic E-state index is 12.9. The van der Waals surface area contributed by atoms with Gasteiger partial charge in [-0.05, 0) is 66.8 Å². The van der Waals surface area contributed by atoms with Crippen molar-refractivity contribution >= 4 is 16.9 Å². The number of nitrogens with one attached hydrogen (secondary N) is 1. The fourth-order valence-electron chi connectivity index (χ4n) is 3.36. The molecular formula is C21H21F3N2O2. The summed E-state index contributed by atoms with van der Waals surface area (Å²) in [5.74, 6) is -0.914. The second-order valence-corrected chi connectivity index (χ2v) is 6.75. The average Bonchev–Trinajstić information content (AvgIpc) is 2.99. The summed E-state index contributed by atoms with van der Waals surface area (Å²) in [6.07, 6.45) is -2.11. The fraction of sp³-hybridized carbons (Fsp3) is 0.286. The van der Waals surface area contributed by atoms with Crippen molar-refractivity contribution in [3.8, 4) is 11.3 Å². The van der Waals surface area contributed by atoms with E-state index in [2.05, 4.69) is 4.98 Å². The van der Waals surface area contributed by atoms with Gasteiger partial charge in [-0.15, -0.1) is 0 Å². The quantitative estimate of drug-likeness (QED) is 0.509. The van der Waals surface area contributed by atoms with Crippen molar-refractivity contribution < 1.29 is 23.1 Å². The number of hydrogen-bond donors (Lipinski definition) is 3. The predicted molar refractivity (Wildman–Crippen MR) is 102 cm³/mol. The number of hydrogen-bond acceptors (Lipinski definition) is 2. The van der Waals surface area contributed by atoms with Crippen LogP contribution >= 0.6 is 0 Å². The van der Waals surface area contributed by atoms with Crippen molar-refractivity contribution in [3.63, 3.8) is 0 Å². The maximum Gasteiger partial charge on any atom is 0.416 e. The van der Waals surface area contributed by atoms with Crippen molar-refractivity contribution in [3.05, 3.63) is 59.2 Å². The molecule has 3 aromatic rings. The summed E-state index contributed by atoms with van der Waals surface area (Å²) < 4.78 is 38.6. The number of rotatable bonds is 7. The van der Waals surface area contributed by atoms with E-state index in [0.717, 1.165) is 47.1 Å². The van der Waals surface area contributed by atoms with E-state index in [4.69, 9.17) is 10.8 Å². The molecule has 4 N–H and O–H groups in total. The van der Waals surface area contributed by atoms with Gasteiger partial charge >= 0.3 is 12.1 Å². The summed E-state index contributed by atoms with van der Waals surface area (Å²) in [5, 5.41) is 9.94. The molecule has 0 saturated heterocycles. The molecule has 4 nitrogen and oxygen atoms in total. The molecule has 0 radical (unpaired) electrons. The maximum absolute atomic E-state index is 12.9. The number of unbranched alkanes of at least 4 members (excludes halogenated alkanes) is 1. The molecule has 0 amide bonds. The molecule has 0 unspecified atom stereocenters. The minimum Gasteiger partial charge on any atom is -0.481 e. The van der Waals surface area contributed by atoms with E-state index >= 15 is 0 Å². The number of aryl methyl sites for hydroxylation is 1. The van der Waals surface area contributed by atoms with Crippen LogP contribution in [0, 0.1) is 0 Å². The third-order valence-electron chi connectivity index (χ3n) is 4.71. The molecule has 0 saturated carbocycles. The molecule has 1 heterocycles. The van der Waals surface area contributed by atoms with E-state index in [1.54, 1.807) is 6.07 Å². The highest BCUT2D eigenvalue weighted by Gasteiger charge is 2.30. The number of aliphatic carboxylic acids is 1. The first-order valence-corrected chi connectivity index (χ1v) is 9.02. The first kappa shape index (κ1) is 19.9. The first-order valence-electron chi connectivity index (χ1n) is 9.02. The second-order valence-electron chi connectivity index (χ2n) is 6.75. The van der Waals surface area contributed by atoms with E-state index in [-0.39, 0.29) is 6.42 Å². The van der Waals surface area contributed by atoms with Crippen LogP contribution in [0.4, 0.5) is 13.2 Å². The van der Waals surface area contributed by atoms with Crippen LogP contribution in [-0.4, -0.2) is 22.6 Å². The average molecular weight is 390 g/mol. The SMILES string of the molecule is NCCCCc1c(-c2ccc(C(F)(F)F)cc2)[nH]c2ccc(CC(=O)O)cc12. The van der Waals surface area contributed by atoms with Crippen LogP contribution in [0.2, 0.25) is 0 Å². The number of fused-ring (bicyclic) bond motifs is 1. The highest BCUT2D eigenvalue weighted by molar-refractivity contribution is 5.91. The summed E-state index contributed by atoms with van der Waals surface area (Å²) in [6.45, 7) is 0.558. The Morgan fingerprint density at radius 2 is 1.79 bits per heavy atom. The number of aromatic nitrogens is 1. The second kappa shape index (κ2) is 8.06. The van der Waals surface area contributed by atoms with Crippen LogP contribution < -0.4 is 5.73 Å². The molecule has 0 spiro atoms. The number of halogens is 3. The van der Waals surface area contributed by atoms with Gasteiger partial charge in [-0.2, -0.15) is 13.2 Å². The van der Waals surface area contributed by atoms with Crippen LogP contribution in [0.15, 0.2) is 42.5 Å². The van der Waals surface area contributed by atoms with Gasteiger partial charge in [-0.25, -0.2) is 0 Å². The smallest absolute Gasteiger partial charge is 0.416 e. The standard InChI is InChI=1S/C21H21F3N2O2/c22-21(23,24)15-7-5-14(6-8-15)20-16(3-1-2-10-25)17-11-13(12-19(27)28)4-9-18(17)26-20/h4-9,11,26H,1-3,10,12,25H2,(H,27,28). The third-order valence-corrected chi connectivity index (χ3v) is 4.71. The molecule has 3 rings (SSSR count). The number of alkyl halides is 3. The van der Waals surface area contributed by atoms with Crippen molar-refractivity contribution in [2.45, 2.75) is 31.9 Å². The summed E-state index contributed by atoms with van der Waals surface area (Å²) in [6, 6.07) is 10.4. The predicted octanol–water partition coefficient (Wildman–Crippen LogP) is 4.76. The monoisotopic (exact) mass is 390 g/mol. The van der Waals surface area contributed by atoms with Crippen molar-refractivity contribution in [2.24, 2.45) is 5.73 Å². The highest BCUT2D eigenvalue weighted by Crippen LogP contribution is 2.35. The Morgan fingerprint density at radius 1 is 1.07 bits per heavy atom. The largest absolute Gasteiger partial charge is 0.481 e. The number of carboxylic acids is 1. The van der Waals surface area contributed by atoms with Gasteiger partial charge in [-0.1, -0.05) is 18.2 Å². The Labute approximate surface area is 160 Å². The molecular weight excluding hydrogens is 369 g/mol. The van der Waals surface area contributed by atoms with Gasteiger partial charge < -0.3 is 15.8 Å². The van der Waals surface area contributed by atoms with Crippen molar-refractivity contribution in [2.75, 3.05) is 6.54 Å². The van der Waals surface area contributed by atoms with Gasteiger partial charge in [0.1, 0.15) is 0 Å². The van der Waals surface area contributed by atoms with Gasteiger partial charge in [-0.3, -0.25) is 4.79 Å². The number of carboxylic acid groups (broad SMARTS) is 1. The zero-order valence-corrected chi connectivity index (χ0v) is 15.1. The Hall–Kier alpha value is -2.80. The molecule has 0 atom stereocenters. The van der Waals surface area contributed by atoms with Gasteiger partial charge in [0.2, 0.25) is 0 Å². The minimum absolute atomic E-state index is 0.0844. The lowest BCUT2D eigenvalue weighted by Gasteiger charge is -2.09. The number of H-pyrrole nitrogens is 1. The van der Waals surface area contributed by atoms with Gasteiger partial charge in [0.05, 0.1) is 12.0 Å². The molecule has 0 aliphatic rings. The molecule has 0 aliphatic heterocycles. The Kier molecular flexibility index (Phi) is 5.74. The lowest BCUT2D eigenvalue weighted by atomic mass is 9.98. The number of benzene rings is 2. The number of nitrogens with two attached hydrogens (primary N) is 1. The van der Waals surface area contributed by atoms with E-state index in [9.17, 15) is 18.0 Å². The Morgan fingerprint density at radius 3 is 2.39 bits per heavy atom. The van der Waals surface area contributed by atoms with E-state index in [0.29, 0.717) is 24.1 Å². The minimum atomic E-state index is -4.38. The molecule has 0 aliphatic carbocycles. The normalized spacial score (nSPS) is 11.9. The molecule has 148 valence electrons. The van der Waals surface area contributed by atoms with Crippen LogP contribution in [0.25, 0.3) is 22.2 Å². The van der Waals surface area contributed by atoms with Crippen molar-refractivity contribution in [1.82, 2.24) is 4.98 Å². The highest BCUT2D eigenvalue weighted by atomic mass is 19.4. The van der Waals surface area contributed by atoms with Crippen molar-refractivity contribution in [1.29, 1.82) is 0 Å². The molecule has 0 bridgehead atoms. The summed E-state index contributed by atoms with van der Waals surface area (Å²) in [7, 11) is 0. The van der Waals surface area contributed by atoms with E-state index in [1.165, 1.54) is 12.1 Å². The Bertz CT molecular complexity index is 976. The molecule has 0 fully saturated rings. The van der Waals surface area contributed by atoms with E-state index < -0.39 is 17.7 Å². The lowest BCUT2D eigenvalue weighted by molar-refractivity contribution is -0.138. The lowest BCUT2D eigenvalue weighted by Crippen LogP contribution is -2.04. The zero-order valence-electron chi connectivity index (χ0n) is 15.1.